The molecule has 1 spiro atoms. The standard InChI is InChI=1S/C29H31ClFN5O2/c30-22-12-20(7-8-23(22)31)34-28-21-13-25(26(38-15-19-5-6-19)14-24(21)32-18-33-28)35-27(37)4-3-11-36-16-29(17-36)9-1-2-10-29/h3-4,7-8,12-14,18-19H,1-2,5-6,9-11,15-17H2,(H,35,37)(H,32,33,34)/b4-3+. The molecule has 0 bridgehead atoms. The van der Waals surface area contributed by atoms with Crippen LogP contribution in [0.25, 0.3) is 10.9 Å². The zero-order valence-corrected chi connectivity index (χ0v) is 21.9. The predicted molar refractivity (Wildman–Crippen MR) is 148 cm³/mol. The van der Waals surface area contributed by atoms with E-state index < -0.39 is 5.82 Å². The molecule has 6 rings (SSSR count). The quantitative estimate of drug-likeness (QED) is 0.312. The molecule has 0 unspecified atom stereocenters. The fourth-order valence-electron chi connectivity index (χ4n) is 5.56. The Bertz CT molecular complexity index is 1380. The Balaban J connectivity index is 1.19. The second-order valence-corrected chi connectivity index (χ2v) is 11.3. The number of hydrogen-bond acceptors (Lipinski definition) is 6. The highest BCUT2D eigenvalue weighted by Crippen LogP contribution is 2.45. The normalized spacial score (nSPS) is 18.7. The van der Waals surface area contributed by atoms with Crippen molar-refractivity contribution >= 4 is 45.6 Å². The molecule has 2 aromatic carbocycles. The third-order valence-corrected chi connectivity index (χ3v) is 8.05. The van der Waals surface area contributed by atoms with Crippen molar-refractivity contribution in [2.75, 3.05) is 36.9 Å². The van der Waals surface area contributed by atoms with Gasteiger partial charge in [0.25, 0.3) is 0 Å². The number of anilines is 3. The number of amides is 1. The van der Waals surface area contributed by atoms with Crippen LogP contribution in [0.15, 0.2) is 48.8 Å². The average molecular weight is 536 g/mol. The highest BCUT2D eigenvalue weighted by Gasteiger charge is 2.43. The van der Waals surface area contributed by atoms with E-state index in [-0.39, 0.29) is 10.9 Å². The van der Waals surface area contributed by atoms with Crippen LogP contribution in [0.3, 0.4) is 0 Å². The van der Waals surface area contributed by atoms with Gasteiger partial charge in [-0.1, -0.05) is 30.5 Å². The molecule has 3 fully saturated rings. The van der Waals surface area contributed by atoms with E-state index in [4.69, 9.17) is 16.3 Å². The number of halogens is 2. The van der Waals surface area contributed by atoms with Gasteiger partial charge in [-0.15, -0.1) is 0 Å². The van der Waals surface area contributed by atoms with Gasteiger partial charge in [0.1, 0.15) is 23.7 Å². The molecule has 198 valence electrons. The highest BCUT2D eigenvalue weighted by molar-refractivity contribution is 6.31. The lowest BCUT2D eigenvalue weighted by molar-refractivity contribution is -0.111. The maximum absolute atomic E-state index is 13.6. The van der Waals surface area contributed by atoms with E-state index in [0.29, 0.717) is 51.8 Å². The summed E-state index contributed by atoms with van der Waals surface area (Å²) in [5.74, 6) is 0.933. The summed E-state index contributed by atoms with van der Waals surface area (Å²) in [7, 11) is 0. The van der Waals surface area contributed by atoms with Gasteiger partial charge in [-0.2, -0.15) is 0 Å². The van der Waals surface area contributed by atoms with Crippen LogP contribution in [-0.4, -0.2) is 47.0 Å². The summed E-state index contributed by atoms with van der Waals surface area (Å²) < 4.78 is 19.7. The second kappa shape index (κ2) is 10.5. The zero-order chi connectivity index (χ0) is 26.1. The first-order valence-electron chi connectivity index (χ1n) is 13.3. The predicted octanol–water partition coefficient (Wildman–Crippen LogP) is 6.33. The molecule has 0 radical (unpaired) electrons. The summed E-state index contributed by atoms with van der Waals surface area (Å²) in [6.07, 6.45) is 12.7. The van der Waals surface area contributed by atoms with Crippen LogP contribution in [-0.2, 0) is 4.79 Å². The molecule has 1 saturated heterocycles. The van der Waals surface area contributed by atoms with E-state index in [9.17, 15) is 9.18 Å². The Labute approximate surface area is 226 Å². The van der Waals surface area contributed by atoms with Crippen LogP contribution in [0.5, 0.6) is 5.75 Å². The van der Waals surface area contributed by atoms with Gasteiger partial charge >= 0.3 is 0 Å². The summed E-state index contributed by atoms with van der Waals surface area (Å²) in [6, 6.07) is 8.02. The molecule has 1 aliphatic heterocycles. The Kier molecular flexibility index (Phi) is 6.93. The Morgan fingerprint density at radius 1 is 1.18 bits per heavy atom. The monoisotopic (exact) mass is 535 g/mol. The number of fused-ring (bicyclic) bond motifs is 1. The highest BCUT2D eigenvalue weighted by atomic mass is 35.5. The topological polar surface area (TPSA) is 79.4 Å². The van der Waals surface area contributed by atoms with Crippen LogP contribution in [0.1, 0.15) is 38.5 Å². The van der Waals surface area contributed by atoms with Crippen molar-refractivity contribution in [3.8, 4) is 5.75 Å². The molecule has 9 heteroatoms. The first-order valence-corrected chi connectivity index (χ1v) is 13.7. The number of likely N-dealkylation sites (tertiary alicyclic amines) is 1. The van der Waals surface area contributed by atoms with E-state index >= 15 is 0 Å². The molecule has 7 nitrogen and oxygen atoms in total. The first-order chi connectivity index (χ1) is 18.5. The molecular weight excluding hydrogens is 505 g/mol. The fraction of sp³-hybridized carbons (Fsp3) is 0.414. The van der Waals surface area contributed by atoms with Gasteiger partial charge in [0, 0.05) is 42.9 Å². The molecular formula is C29H31ClFN5O2. The SMILES string of the molecule is O=C(/C=C/CN1CC2(CCCC2)C1)Nc1cc2c(Nc3ccc(F)c(Cl)c3)ncnc2cc1OCC1CC1. The van der Waals surface area contributed by atoms with Crippen molar-refractivity contribution in [2.45, 2.75) is 38.5 Å². The number of hydrogen-bond donors (Lipinski definition) is 2. The third-order valence-electron chi connectivity index (χ3n) is 7.76. The van der Waals surface area contributed by atoms with Crippen molar-refractivity contribution in [1.29, 1.82) is 0 Å². The maximum atomic E-state index is 13.6. The lowest BCUT2D eigenvalue weighted by atomic mass is 9.78. The van der Waals surface area contributed by atoms with Gasteiger partial charge in [-0.3, -0.25) is 9.69 Å². The van der Waals surface area contributed by atoms with Gasteiger partial charge in [-0.05, 0) is 61.3 Å². The summed E-state index contributed by atoms with van der Waals surface area (Å²) >= 11 is 5.95. The van der Waals surface area contributed by atoms with Gasteiger partial charge < -0.3 is 15.4 Å². The molecule has 2 N–H and O–H groups in total. The van der Waals surface area contributed by atoms with Gasteiger partial charge in [-0.25, -0.2) is 14.4 Å². The van der Waals surface area contributed by atoms with Crippen molar-refractivity contribution in [3.63, 3.8) is 0 Å². The van der Waals surface area contributed by atoms with Gasteiger partial charge in [0.05, 0.1) is 22.8 Å². The zero-order valence-electron chi connectivity index (χ0n) is 21.2. The minimum atomic E-state index is -0.493. The van der Waals surface area contributed by atoms with Gasteiger partial charge in [0.2, 0.25) is 5.91 Å². The Hall–Kier alpha value is -3.23. The Morgan fingerprint density at radius 3 is 2.76 bits per heavy atom. The largest absolute Gasteiger partial charge is 0.491 e. The first kappa shape index (κ1) is 25.1. The van der Waals surface area contributed by atoms with Crippen molar-refractivity contribution in [2.24, 2.45) is 11.3 Å². The molecule has 2 heterocycles. The Morgan fingerprint density at radius 2 is 2.00 bits per heavy atom. The minimum absolute atomic E-state index is 0.0144. The lowest BCUT2D eigenvalue weighted by Gasteiger charge is -2.48. The van der Waals surface area contributed by atoms with Crippen LogP contribution < -0.4 is 15.4 Å². The van der Waals surface area contributed by atoms with E-state index in [1.54, 1.807) is 12.1 Å². The van der Waals surface area contributed by atoms with Crippen LogP contribution in [0, 0.1) is 17.2 Å². The number of benzene rings is 2. The van der Waals surface area contributed by atoms with Crippen molar-refractivity contribution in [1.82, 2.24) is 14.9 Å². The number of carbonyl (C=O) groups excluding carboxylic acids is 1. The van der Waals surface area contributed by atoms with Crippen LogP contribution in [0.2, 0.25) is 5.02 Å². The number of nitrogens with one attached hydrogen (secondary N) is 2. The van der Waals surface area contributed by atoms with E-state index in [2.05, 4.69) is 25.5 Å². The number of nitrogens with zero attached hydrogens (tertiary/aromatic N) is 3. The van der Waals surface area contributed by atoms with Crippen LogP contribution in [0.4, 0.5) is 21.6 Å². The van der Waals surface area contributed by atoms with Crippen molar-refractivity contribution in [3.05, 3.63) is 59.7 Å². The third kappa shape index (κ3) is 5.61. The number of carbonyl (C=O) groups is 1. The van der Waals surface area contributed by atoms with E-state index in [1.165, 1.54) is 44.1 Å². The number of rotatable bonds is 9. The smallest absolute Gasteiger partial charge is 0.248 e. The molecule has 3 aromatic rings. The summed E-state index contributed by atoms with van der Waals surface area (Å²) in [5, 5.41) is 6.87. The second-order valence-electron chi connectivity index (χ2n) is 10.9. The molecule has 1 amide bonds. The molecule has 38 heavy (non-hydrogen) atoms. The molecule has 0 atom stereocenters. The molecule has 1 aromatic heterocycles. The van der Waals surface area contributed by atoms with Gasteiger partial charge in [0.15, 0.2) is 0 Å². The fourth-order valence-corrected chi connectivity index (χ4v) is 5.74. The molecule has 2 aliphatic carbocycles. The number of aromatic nitrogens is 2. The summed E-state index contributed by atoms with van der Waals surface area (Å²) in [5.41, 5.74) is 2.34. The lowest BCUT2D eigenvalue weighted by Crippen LogP contribution is -2.54. The minimum Gasteiger partial charge on any atom is -0.491 e. The van der Waals surface area contributed by atoms with E-state index in [1.807, 2.05) is 18.2 Å². The summed E-state index contributed by atoms with van der Waals surface area (Å²) in [6.45, 7) is 3.65. The van der Waals surface area contributed by atoms with E-state index in [0.717, 1.165) is 32.5 Å². The average Bonchev–Trinajstić information content (AvgIpc) is 3.58. The maximum Gasteiger partial charge on any atom is 0.248 e. The summed E-state index contributed by atoms with van der Waals surface area (Å²) in [4.78, 5) is 24.0. The molecule has 3 aliphatic rings. The number of ether oxygens (including phenoxy) is 1. The van der Waals surface area contributed by atoms with Crippen molar-refractivity contribution < 1.29 is 13.9 Å². The van der Waals surface area contributed by atoms with Crippen LogP contribution >= 0.6 is 11.6 Å². The molecule has 2 saturated carbocycles.